The van der Waals surface area contributed by atoms with Crippen molar-refractivity contribution >= 4 is 29.6 Å². The van der Waals surface area contributed by atoms with Gasteiger partial charge in [-0.05, 0) is 0 Å². The molecule has 3 N–H and O–H groups in total. The zero-order valence-electron chi connectivity index (χ0n) is 10.1. The first-order chi connectivity index (χ1) is 8.32. The number of hydrazone groups is 1. The van der Waals surface area contributed by atoms with Crippen LogP contribution >= 0.6 is 0 Å². The third-order valence-electron chi connectivity index (χ3n) is 2.07. The lowest BCUT2D eigenvalue weighted by Crippen LogP contribution is -2.64. The predicted molar refractivity (Wildman–Crippen MR) is 60.2 cm³/mol. The summed E-state index contributed by atoms with van der Waals surface area (Å²) < 4.78 is 0. The smallest absolute Gasteiger partial charge is 0.329 e. The summed E-state index contributed by atoms with van der Waals surface area (Å²) in [5, 5.41) is 8.20. The number of carbonyl (C=O) groups excluding carboxylic acids is 4. The summed E-state index contributed by atoms with van der Waals surface area (Å²) in [6.07, 6.45) is 0. The number of amides is 5. The number of carbonyl (C=O) groups is 4. The summed E-state index contributed by atoms with van der Waals surface area (Å²) >= 11 is 0. The van der Waals surface area contributed by atoms with Crippen molar-refractivity contribution in [2.75, 3.05) is 7.05 Å². The highest BCUT2D eigenvalue weighted by atomic mass is 16.2. The van der Waals surface area contributed by atoms with Gasteiger partial charge in [0, 0.05) is 20.9 Å². The van der Waals surface area contributed by atoms with Gasteiger partial charge in [0.25, 0.3) is 5.91 Å². The first kappa shape index (κ1) is 13.6. The number of nitrogens with zero attached hydrogens (tertiary/aromatic N) is 2. The first-order valence-corrected chi connectivity index (χ1v) is 5.02. The second-order valence-electron chi connectivity index (χ2n) is 3.63. The van der Waals surface area contributed by atoms with E-state index in [2.05, 4.69) is 21.2 Å². The van der Waals surface area contributed by atoms with Crippen molar-refractivity contribution in [1.29, 1.82) is 0 Å². The maximum atomic E-state index is 11.8. The van der Waals surface area contributed by atoms with Crippen molar-refractivity contribution in [2.24, 2.45) is 5.10 Å². The maximum Gasteiger partial charge on any atom is 0.329 e. The Morgan fingerprint density at radius 2 is 1.89 bits per heavy atom. The largest absolute Gasteiger partial charge is 0.338 e. The third kappa shape index (κ3) is 3.03. The monoisotopic (exact) mass is 255 g/mol. The van der Waals surface area contributed by atoms with Crippen molar-refractivity contribution < 1.29 is 19.2 Å². The van der Waals surface area contributed by atoms with E-state index in [9.17, 15) is 19.2 Å². The van der Waals surface area contributed by atoms with Gasteiger partial charge in [0.15, 0.2) is 11.9 Å². The second kappa shape index (κ2) is 5.25. The van der Waals surface area contributed by atoms with Crippen LogP contribution in [0, 0.1) is 0 Å². The summed E-state index contributed by atoms with van der Waals surface area (Å²) in [7, 11) is 1.27. The zero-order chi connectivity index (χ0) is 13.9. The minimum Gasteiger partial charge on any atom is -0.338 e. The minimum absolute atomic E-state index is 0.131. The van der Waals surface area contributed by atoms with Crippen LogP contribution in [0.2, 0.25) is 0 Å². The fourth-order valence-corrected chi connectivity index (χ4v) is 1.24. The van der Waals surface area contributed by atoms with Crippen molar-refractivity contribution in [1.82, 2.24) is 21.0 Å². The Morgan fingerprint density at radius 1 is 1.28 bits per heavy atom. The van der Waals surface area contributed by atoms with Crippen LogP contribution in [0.1, 0.15) is 13.8 Å². The zero-order valence-corrected chi connectivity index (χ0v) is 10.1. The number of likely N-dealkylation sites (N-methyl/N-ethyl adjacent to an activating group) is 1. The number of amidine groups is 1. The molecule has 0 bridgehead atoms. The molecule has 0 aliphatic carbocycles. The van der Waals surface area contributed by atoms with Crippen LogP contribution in [-0.2, 0) is 14.4 Å². The molecular formula is C9H13N5O4. The fraction of sp³-hybridized carbons (Fsp3) is 0.444. The van der Waals surface area contributed by atoms with Gasteiger partial charge >= 0.3 is 6.03 Å². The molecule has 9 heteroatoms. The Balaban J connectivity index is 2.99. The summed E-state index contributed by atoms with van der Waals surface area (Å²) in [6.45, 7) is 2.44. The van der Waals surface area contributed by atoms with E-state index < -0.39 is 29.8 Å². The quantitative estimate of drug-likeness (QED) is 0.500. The van der Waals surface area contributed by atoms with E-state index in [0.29, 0.717) is 0 Å². The van der Waals surface area contributed by atoms with Gasteiger partial charge in [0.1, 0.15) is 0 Å². The number of urea groups is 1. The summed E-state index contributed by atoms with van der Waals surface area (Å²) in [6, 6.07) is -1.82. The van der Waals surface area contributed by atoms with E-state index in [0.717, 1.165) is 4.90 Å². The number of hydrogen-bond acceptors (Lipinski definition) is 5. The number of nitrogens with one attached hydrogen (secondary N) is 3. The van der Waals surface area contributed by atoms with Crippen LogP contribution in [-0.4, -0.2) is 47.6 Å². The van der Waals surface area contributed by atoms with E-state index in [4.69, 9.17) is 0 Å². The van der Waals surface area contributed by atoms with Gasteiger partial charge in [-0.3, -0.25) is 24.6 Å². The molecule has 5 amide bonds. The van der Waals surface area contributed by atoms with E-state index in [1.165, 1.54) is 20.9 Å². The molecule has 1 fully saturated rings. The van der Waals surface area contributed by atoms with Gasteiger partial charge in [-0.25, -0.2) is 10.2 Å². The molecule has 1 aliphatic heterocycles. The molecule has 1 rings (SSSR count). The van der Waals surface area contributed by atoms with Crippen LogP contribution < -0.4 is 16.1 Å². The van der Waals surface area contributed by atoms with Crippen LogP contribution in [0.5, 0.6) is 0 Å². The van der Waals surface area contributed by atoms with Crippen LogP contribution in [0.25, 0.3) is 0 Å². The normalized spacial score (nSPS) is 21.6. The van der Waals surface area contributed by atoms with Crippen molar-refractivity contribution in [3.8, 4) is 0 Å². The molecule has 0 aromatic carbocycles. The molecule has 9 nitrogen and oxygen atoms in total. The lowest BCUT2D eigenvalue weighted by molar-refractivity contribution is -0.131. The van der Waals surface area contributed by atoms with E-state index in [-0.39, 0.29) is 5.84 Å². The minimum atomic E-state index is -1.13. The number of hydrogen-bond donors (Lipinski definition) is 3. The first-order valence-electron chi connectivity index (χ1n) is 5.02. The van der Waals surface area contributed by atoms with Crippen molar-refractivity contribution in [2.45, 2.75) is 19.9 Å². The summed E-state index contributed by atoms with van der Waals surface area (Å²) in [5.74, 6) is -1.70. The van der Waals surface area contributed by atoms with Crippen molar-refractivity contribution in [3.63, 3.8) is 0 Å². The highest BCUT2D eigenvalue weighted by molar-refractivity contribution is 6.21. The van der Waals surface area contributed by atoms with Gasteiger partial charge in [-0.2, -0.15) is 5.10 Å². The highest BCUT2D eigenvalue weighted by Gasteiger charge is 2.37. The lowest BCUT2D eigenvalue weighted by Gasteiger charge is -2.29. The number of imide groups is 1. The average Bonchev–Trinajstić information content (AvgIpc) is 2.27. The molecule has 18 heavy (non-hydrogen) atoms. The SMILES string of the molecule is CC(=O)N/N=C1/NC(=O)N(C)C(=O)C1NC(C)=O. The average molecular weight is 255 g/mol. The van der Waals surface area contributed by atoms with Gasteiger partial charge in [-0.1, -0.05) is 0 Å². The van der Waals surface area contributed by atoms with Gasteiger partial charge in [0.2, 0.25) is 11.8 Å². The summed E-state index contributed by atoms with van der Waals surface area (Å²) in [5.41, 5.74) is 2.09. The van der Waals surface area contributed by atoms with E-state index in [1.54, 1.807) is 0 Å². The third-order valence-corrected chi connectivity index (χ3v) is 2.07. The Hall–Kier alpha value is -2.45. The van der Waals surface area contributed by atoms with Gasteiger partial charge in [0.05, 0.1) is 0 Å². The molecule has 1 unspecified atom stereocenters. The second-order valence-corrected chi connectivity index (χ2v) is 3.63. The van der Waals surface area contributed by atoms with E-state index in [1.807, 2.05) is 0 Å². The Bertz CT molecular complexity index is 444. The molecule has 0 radical (unpaired) electrons. The molecular weight excluding hydrogens is 242 g/mol. The predicted octanol–water partition coefficient (Wildman–Crippen LogP) is -1.88. The highest BCUT2D eigenvalue weighted by Crippen LogP contribution is 2.02. The molecule has 0 saturated carbocycles. The molecule has 1 aliphatic rings. The van der Waals surface area contributed by atoms with Crippen molar-refractivity contribution in [3.05, 3.63) is 0 Å². The van der Waals surface area contributed by atoms with Crippen LogP contribution in [0.4, 0.5) is 4.79 Å². The Labute approximate surface area is 103 Å². The molecule has 1 heterocycles. The standard InChI is InChI=1S/C9H13N5O4/c1-4(15)10-6-7(13-12-5(2)16)11-9(18)14(3)8(6)17/h6H,1-3H3,(H,10,15)(H,12,16)(H,11,13,18). The van der Waals surface area contributed by atoms with Gasteiger partial charge < -0.3 is 5.32 Å². The van der Waals surface area contributed by atoms with E-state index >= 15 is 0 Å². The number of rotatable bonds is 2. The van der Waals surface area contributed by atoms with Gasteiger partial charge in [-0.15, -0.1) is 0 Å². The maximum absolute atomic E-state index is 11.8. The molecule has 1 saturated heterocycles. The molecule has 0 spiro atoms. The van der Waals surface area contributed by atoms with Crippen LogP contribution in [0.15, 0.2) is 5.10 Å². The van der Waals surface area contributed by atoms with Crippen LogP contribution in [0.3, 0.4) is 0 Å². The lowest BCUT2D eigenvalue weighted by atomic mass is 10.2. The molecule has 0 aromatic rings. The summed E-state index contributed by atoms with van der Waals surface area (Å²) in [4.78, 5) is 45.7. The molecule has 98 valence electrons. The topological polar surface area (TPSA) is 120 Å². The Morgan fingerprint density at radius 3 is 2.39 bits per heavy atom. The molecule has 0 aromatic heterocycles. The fourth-order valence-electron chi connectivity index (χ4n) is 1.24. The molecule has 1 atom stereocenters. The Kier molecular flexibility index (Phi) is 3.97.